The molecule has 3 aromatic carbocycles. The Kier molecular flexibility index (Phi) is 5.02. The summed E-state index contributed by atoms with van der Waals surface area (Å²) in [6.07, 6.45) is 1.35. The molecule has 1 amide bonds. The SMILES string of the molecule is CS(=O)(=O)Nc1cc2ccccc2cc1Cc1ccc(N2CC(=O)NS2(=O)=O)c(O)c1. The summed E-state index contributed by atoms with van der Waals surface area (Å²) in [5, 5.41) is 12.2. The van der Waals surface area contributed by atoms with Gasteiger partial charge in [0.2, 0.25) is 10.0 Å². The van der Waals surface area contributed by atoms with Crippen LogP contribution in [0, 0.1) is 0 Å². The second-order valence-electron chi connectivity index (χ2n) is 7.27. The van der Waals surface area contributed by atoms with E-state index in [9.17, 15) is 26.7 Å². The molecule has 11 heteroatoms. The third-order valence-electron chi connectivity index (χ3n) is 4.79. The van der Waals surface area contributed by atoms with E-state index in [4.69, 9.17) is 0 Å². The quantitative estimate of drug-likeness (QED) is 0.530. The Morgan fingerprint density at radius 1 is 1.10 bits per heavy atom. The van der Waals surface area contributed by atoms with Crippen molar-refractivity contribution >= 4 is 48.3 Å². The largest absolute Gasteiger partial charge is 0.506 e. The second kappa shape index (κ2) is 7.43. The van der Waals surface area contributed by atoms with Gasteiger partial charge in [-0.2, -0.15) is 8.42 Å². The van der Waals surface area contributed by atoms with Crippen molar-refractivity contribution in [1.82, 2.24) is 4.72 Å². The molecule has 31 heavy (non-hydrogen) atoms. The van der Waals surface area contributed by atoms with Crippen molar-refractivity contribution < 1.29 is 26.7 Å². The lowest BCUT2D eigenvalue weighted by Gasteiger charge is -2.17. The molecule has 0 aromatic heterocycles. The van der Waals surface area contributed by atoms with Gasteiger partial charge in [-0.15, -0.1) is 0 Å². The molecule has 9 nitrogen and oxygen atoms in total. The fourth-order valence-electron chi connectivity index (χ4n) is 3.50. The van der Waals surface area contributed by atoms with E-state index in [1.165, 1.54) is 12.1 Å². The zero-order chi connectivity index (χ0) is 22.4. The Labute approximate surface area is 179 Å². The zero-order valence-electron chi connectivity index (χ0n) is 16.4. The van der Waals surface area contributed by atoms with Gasteiger partial charge in [0.1, 0.15) is 12.3 Å². The first-order valence-electron chi connectivity index (χ1n) is 9.16. The maximum Gasteiger partial charge on any atom is 0.326 e. The van der Waals surface area contributed by atoms with Gasteiger partial charge < -0.3 is 5.11 Å². The van der Waals surface area contributed by atoms with E-state index >= 15 is 0 Å². The summed E-state index contributed by atoms with van der Waals surface area (Å²) >= 11 is 0. The molecule has 0 saturated carbocycles. The Balaban J connectivity index is 1.71. The molecule has 0 aliphatic carbocycles. The molecule has 0 radical (unpaired) electrons. The number of aromatic hydroxyl groups is 1. The van der Waals surface area contributed by atoms with Crippen LogP contribution in [-0.4, -0.2) is 40.6 Å². The maximum absolute atomic E-state index is 12.0. The summed E-state index contributed by atoms with van der Waals surface area (Å²) in [6, 6.07) is 15.5. The van der Waals surface area contributed by atoms with Gasteiger partial charge in [0, 0.05) is 0 Å². The number of nitrogens with zero attached hydrogens (tertiary/aromatic N) is 1. The topological polar surface area (TPSA) is 133 Å². The lowest BCUT2D eigenvalue weighted by Crippen LogP contribution is -2.29. The first kappa shape index (κ1) is 20.9. The molecule has 162 valence electrons. The molecule has 3 aromatic rings. The molecule has 1 saturated heterocycles. The van der Waals surface area contributed by atoms with Crippen LogP contribution in [0.2, 0.25) is 0 Å². The van der Waals surface area contributed by atoms with Gasteiger partial charge >= 0.3 is 10.2 Å². The van der Waals surface area contributed by atoms with Gasteiger partial charge in [0.25, 0.3) is 5.91 Å². The van der Waals surface area contributed by atoms with Gasteiger partial charge in [0.15, 0.2) is 0 Å². The van der Waals surface area contributed by atoms with Gasteiger partial charge in [-0.1, -0.05) is 30.3 Å². The van der Waals surface area contributed by atoms with Gasteiger partial charge in [-0.3, -0.25) is 9.52 Å². The van der Waals surface area contributed by atoms with Crippen molar-refractivity contribution in [2.24, 2.45) is 0 Å². The lowest BCUT2D eigenvalue weighted by atomic mass is 9.99. The summed E-state index contributed by atoms with van der Waals surface area (Å²) in [6.45, 7) is -0.414. The number of fused-ring (bicyclic) bond motifs is 1. The normalized spacial score (nSPS) is 15.8. The van der Waals surface area contributed by atoms with Crippen LogP contribution in [0.1, 0.15) is 11.1 Å². The number of hydrogen-bond donors (Lipinski definition) is 3. The van der Waals surface area contributed by atoms with E-state index in [-0.39, 0.29) is 17.9 Å². The highest BCUT2D eigenvalue weighted by atomic mass is 32.2. The number of sulfonamides is 1. The van der Waals surface area contributed by atoms with Gasteiger partial charge in [-0.05, 0) is 52.6 Å². The number of phenols is 1. The molecule has 0 atom stereocenters. The molecule has 1 aliphatic heterocycles. The average Bonchev–Trinajstić information content (AvgIpc) is 2.93. The molecule has 1 heterocycles. The van der Waals surface area contributed by atoms with Crippen LogP contribution in [0.25, 0.3) is 10.8 Å². The fraction of sp³-hybridized carbons (Fsp3) is 0.150. The number of carbonyl (C=O) groups is 1. The number of hydrogen-bond acceptors (Lipinski definition) is 6. The van der Waals surface area contributed by atoms with E-state index in [1.807, 2.05) is 35.1 Å². The zero-order valence-corrected chi connectivity index (χ0v) is 18.0. The number of nitrogens with one attached hydrogen (secondary N) is 2. The highest BCUT2D eigenvalue weighted by molar-refractivity contribution is 7.92. The van der Waals surface area contributed by atoms with Crippen LogP contribution in [-0.2, 0) is 31.4 Å². The molecule has 4 rings (SSSR count). The van der Waals surface area contributed by atoms with Crippen molar-refractivity contribution in [3.63, 3.8) is 0 Å². The number of phenolic OH excluding ortho intramolecular Hbond substituents is 1. The molecule has 1 aliphatic rings. The smallest absolute Gasteiger partial charge is 0.326 e. The maximum atomic E-state index is 12.0. The van der Waals surface area contributed by atoms with Crippen LogP contribution in [0.5, 0.6) is 5.75 Å². The summed E-state index contributed by atoms with van der Waals surface area (Å²) < 4.78 is 52.9. The summed E-state index contributed by atoms with van der Waals surface area (Å²) in [7, 11) is -7.55. The molecule has 1 fully saturated rings. The minimum absolute atomic E-state index is 0.0184. The summed E-state index contributed by atoms with van der Waals surface area (Å²) in [5.41, 5.74) is 1.71. The van der Waals surface area contributed by atoms with Crippen LogP contribution < -0.4 is 13.7 Å². The summed E-state index contributed by atoms with van der Waals surface area (Å²) in [5.74, 6) is -0.993. The number of benzene rings is 3. The molecule has 0 bridgehead atoms. The fourth-order valence-corrected chi connectivity index (χ4v) is 5.25. The second-order valence-corrected chi connectivity index (χ2v) is 10.6. The van der Waals surface area contributed by atoms with Crippen LogP contribution in [0.3, 0.4) is 0 Å². The van der Waals surface area contributed by atoms with E-state index in [0.29, 0.717) is 16.8 Å². The minimum Gasteiger partial charge on any atom is -0.506 e. The third kappa shape index (κ3) is 4.42. The number of rotatable bonds is 5. The average molecular weight is 462 g/mol. The van der Waals surface area contributed by atoms with E-state index in [0.717, 1.165) is 21.3 Å². The standard InChI is InChI=1S/C20H19N3O6S2/c1-30(26,27)21-17-11-15-5-3-2-4-14(15)10-16(17)8-13-6-7-18(19(24)9-13)23-12-20(25)22-31(23,28)29/h2-7,9-11,21,24H,8,12H2,1H3,(H,22,25). The van der Waals surface area contributed by atoms with Crippen LogP contribution in [0.4, 0.5) is 11.4 Å². The highest BCUT2D eigenvalue weighted by Gasteiger charge is 2.35. The Hall–Kier alpha value is -3.31. The number of anilines is 2. The molecule has 0 unspecified atom stereocenters. The van der Waals surface area contributed by atoms with Crippen molar-refractivity contribution in [1.29, 1.82) is 0 Å². The van der Waals surface area contributed by atoms with E-state index < -0.39 is 32.7 Å². The highest BCUT2D eigenvalue weighted by Crippen LogP contribution is 2.33. The predicted octanol–water partition coefficient (Wildman–Crippen LogP) is 1.69. The first-order chi connectivity index (χ1) is 14.5. The van der Waals surface area contributed by atoms with Gasteiger partial charge in [0.05, 0.1) is 17.6 Å². The van der Waals surface area contributed by atoms with E-state index in [1.54, 1.807) is 12.1 Å². The Morgan fingerprint density at radius 3 is 2.35 bits per heavy atom. The lowest BCUT2D eigenvalue weighted by molar-refractivity contribution is -0.117. The third-order valence-corrected chi connectivity index (χ3v) is 6.77. The molecule has 3 N–H and O–H groups in total. The van der Waals surface area contributed by atoms with Crippen LogP contribution in [0.15, 0.2) is 54.6 Å². The predicted molar refractivity (Wildman–Crippen MR) is 118 cm³/mol. The monoisotopic (exact) mass is 461 g/mol. The number of carbonyl (C=O) groups excluding carboxylic acids is 1. The van der Waals surface area contributed by atoms with Crippen molar-refractivity contribution in [3.8, 4) is 5.75 Å². The van der Waals surface area contributed by atoms with Gasteiger partial charge in [-0.25, -0.2) is 17.4 Å². The Bertz CT molecular complexity index is 1420. The Morgan fingerprint density at radius 2 is 1.77 bits per heavy atom. The number of amides is 1. The first-order valence-corrected chi connectivity index (χ1v) is 12.5. The molecule has 0 spiro atoms. The van der Waals surface area contributed by atoms with E-state index in [2.05, 4.69) is 4.72 Å². The van der Waals surface area contributed by atoms with Crippen molar-refractivity contribution in [2.45, 2.75) is 6.42 Å². The van der Waals surface area contributed by atoms with Crippen molar-refractivity contribution in [2.75, 3.05) is 21.8 Å². The molecular formula is C20H19N3O6S2. The molecular weight excluding hydrogens is 442 g/mol. The minimum atomic E-state index is -4.04. The summed E-state index contributed by atoms with van der Waals surface area (Å²) in [4.78, 5) is 11.5. The van der Waals surface area contributed by atoms with Crippen molar-refractivity contribution in [3.05, 3.63) is 65.7 Å². The van der Waals surface area contributed by atoms with Crippen LogP contribution >= 0.6 is 0 Å².